The van der Waals surface area contributed by atoms with Crippen LogP contribution >= 0.6 is 11.8 Å². The zero-order chi connectivity index (χ0) is 14.7. The van der Waals surface area contributed by atoms with Gasteiger partial charge in [-0.15, -0.1) is 0 Å². The van der Waals surface area contributed by atoms with E-state index in [0.717, 1.165) is 0 Å². The summed E-state index contributed by atoms with van der Waals surface area (Å²) in [5, 5.41) is 0.367. The largest absolute Gasteiger partial charge is 0.480 e. The standard InChI is InChI=1S/C11H14N6O2S/c1-5-14-9(18-2)8(10(15-5)19-3)20-11-16-6(12)4-7(13)17-11/h4H,1-3H3,(H4,12,13,16,17). The molecule has 8 nitrogen and oxygen atoms in total. The molecule has 0 unspecified atom stereocenters. The van der Waals surface area contributed by atoms with Crippen molar-refractivity contribution in [3.63, 3.8) is 0 Å². The highest BCUT2D eigenvalue weighted by molar-refractivity contribution is 7.99. The Bertz CT molecular complexity index is 591. The molecule has 0 fully saturated rings. The summed E-state index contributed by atoms with van der Waals surface area (Å²) in [5.41, 5.74) is 11.3. The molecule has 2 aromatic rings. The number of aryl methyl sites for hydroxylation is 1. The molecular weight excluding hydrogens is 280 g/mol. The molecule has 2 aromatic heterocycles. The smallest absolute Gasteiger partial charge is 0.234 e. The first-order valence-electron chi connectivity index (χ1n) is 5.58. The van der Waals surface area contributed by atoms with Crippen LogP contribution in [0.3, 0.4) is 0 Å². The highest BCUT2D eigenvalue weighted by atomic mass is 32.2. The van der Waals surface area contributed by atoms with Gasteiger partial charge in [0.15, 0.2) is 5.16 Å². The normalized spacial score (nSPS) is 10.3. The second-order valence-corrected chi connectivity index (χ2v) is 4.70. The number of anilines is 2. The summed E-state index contributed by atoms with van der Waals surface area (Å²) in [6, 6.07) is 1.48. The fraction of sp³-hybridized carbons (Fsp3) is 0.273. The average molecular weight is 294 g/mol. The van der Waals surface area contributed by atoms with E-state index in [-0.39, 0.29) is 11.6 Å². The average Bonchev–Trinajstić information content (AvgIpc) is 2.39. The molecule has 0 bridgehead atoms. The summed E-state index contributed by atoms with van der Waals surface area (Å²) in [4.78, 5) is 17.1. The number of methoxy groups -OCH3 is 2. The van der Waals surface area contributed by atoms with Gasteiger partial charge >= 0.3 is 0 Å². The molecule has 0 aromatic carbocycles. The van der Waals surface area contributed by atoms with Gasteiger partial charge < -0.3 is 20.9 Å². The molecule has 106 valence electrons. The Labute approximate surface area is 119 Å². The van der Waals surface area contributed by atoms with Crippen molar-refractivity contribution in [2.24, 2.45) is 0 Å². The van der Waals surface area contributed by atoms with Crippen molar-refractivity contribution >= 4 is 23.4 Å². The van der Waals surface area contributed by atoms with Crippen LogP contribution in [0.4, 0.5) is 11.6 Å². The number of rotatable bonds is 4. The van der Waals surface area contributed by atoms with Crippen LogP contribution in [-0.2, 0) is 0 Å². The second-order valence-electron chi connectivity index (χ2n) is 3.72. The van der Waals surface area contributed by atoms with Crippen LogP contribution in [0.2, 0.25) is 0 Å². The molecule has 2 rings (SSSR count). The molecule has 0 aliphatic carbocycles. The van der Waals surface area contributed by atoms with E-state index in [1.54, 1.807) is 6.92 Å². The molecule has 0 aliphatic rings. The predicted octanol–water partition coefficient (Wildman–Crippen LogP) is 0.908. The Morgan fingerprint density at radius 1 is 0.950 bits per heavy atom. The predicted molar refractivity (Wildman–Crippen MR) is 74.9 cm³/mol. The summed E-state index contributed by atoms with van der Waals surface area (Å²) < 4.78 is 10.5. The van der Waals surface area contributed by atoms with Crippen molar-refractivity contribution in [1.29, 1.82) is 0 Å². The highest BCUT2D eigenvalue weighted by Gasteiger charge is 2.18. The van der Waals surface area contributed by atoms with Crippen molar-refractivity contribution in [2.45, 2.75) is 17.0 Å². The molecule has 2 heterocycles. The van der Waals surface area contributed by atoms with Crippen LogP contribution in [0.5, 0.6) is 11.8 Å². The van der Waals surface area contributed by atoms with Crippen molar-refractivity contribution in [1.82, 2.24) is 19.9 Å². The molecule has 0 aliphatic heterocycles. The maximum atomic E-state index is 5.64. The minimum Gasteiger partial charge on any atom is -0.480 e. The lowest BCUT2D eigenvalue weighted by atomic mass is 10.5. The van der Waals surface area contributed by atoms with Gasteiger partial charge in [0.05, 0.1) is 14.2 Å². The van der Waals surface area contributed by atoms with Crippen LogP contribution in [0.15, 0.2) is 16.1 Å². The molecule has 0 saturated heterocycles. The number of nitrogens with two attached hydrogens (primary N) is 2. The lowest BCUT2D eigenvalue weighted by Crippen LogP contribution is -2.02. The Hall–Kier alpha value is -2.29. The maximum absolute atomic E-state index is 5.64. The second kappa shape index (κ2) is 5.78. The van der Waals surface area contributed by atoms with Crippen molar-refractivity contribution < 1.29 is 9.47 Å². The Balaban J connectivity index is 2.46. The van der Waals surface area contributed by atoms with Crippen molar-refractivity contribution in [3.8, 4) is 11.8 Å². The van der Waals surface area contributed by atoms with E-state index in [1.807, 2.05) is 0 Å². The van der Waals surface area contributed by atoms with E-state index in [4.69, 9.17) is 20.9 Å². The fourth-order valence-electron chi connectivity index (χ4n) is 1.47. The van der Waals surface area contributed by atoms with E-state index < -0.39 is 0 Å². The summed E-state index contributed by atoms with van der Waals surface area (Å²) in [5.74, 6) is 1.86. The number of nitrogens with zero attached hydrogens (tertiary/aromatic N) is 4. The quantitative estimate of drug-likeness (QED) is 0.792. The van der Waals surface area contributed by atoms with E-state index in [9.17, 15) is 0 Å². The van der Waals surface area contributed by atoms with Gasteiger partial charge in [0.25, 0.3) is 0 Å². The highest BCUT2D eigenvalue weighted by Crippen LogP contribution is 2.38. The third-order valence-electron chi connectivity index (χ3n) is 2.24. The molecule has 0 amide bonds. The lowest BCUT2D eigenvalue weighted by molar-refractivity contribution is 0.350. The van der Waals surface area contributed by atoms with Crippen LogP contribution in [0.25, 0.3) is 0 Å². The minimum absolute atomic E-state index is 0.283. The molecule has 0 saturated carbocycles. The number of hydrogen-bond acceptors (Lipinski definition) is 9. The van der Waals surface area contributed by atoms with Crippen molar-refractivity contribution in [3.05, 3.63) is 11.9 Å². The third kappa shape index (κ3) is 2.99. The van der Waals surface area contributed by atoms with Crippen LogP contribution < -0.4 is 20.9 Å². The summed E-state index contributed by atoms with van der Waals surface area (Å²) in [6.45, 7) is 1.74. The van der Waals surface area contributed by atoms with Gasteiger partial charge in [0.1, 0.15) is 22.4 Å². The van der Waals surface area contributed by atoms with E-state index >= 15 is 0 Å². The molecule has 20 heavy (non-hydrogen) atoms. The lowest BCUT2D eigenvalue weighted by Gasteiger charge is -2.11. The molecule has 4 N–H and O–H groups in total. The zero-order valence-corrected chi connectivity index (χ0v) is 12.1. The Morgan fingerprint density at radius 2 is 1.45 bits per heavy atom. The first kappa shape index (κ1) is 14.1. The van der Waals surface area contributed by atoms with Gasteiger partial charge in [-0.05, 0) is 18.7 Å². The van der Waals surface area contributed by atoms with Gasteiger partial charge in [-0.2, -0.15) is 9.97 Å². The van der Waals surface area contributed by atoms with Crippen molar-refractivity contribution in [2.75, 3.05) is 25.7 Å². The van der Waals surface area contributed by atoms with E-state index in [2.05, 4.69) is 19.9 Å². The first-order chi connectivity index (χ1) is 9.53. The number of aromatic nitrogens is 4. The molecule has 0 radical (unpaired) electrons. The van der Waals surface area contributed by atoms with Crippen LogP contribution in [0.1, 0.15) is 5.82 Å². The fourth-order valence-corrected chi connectivity index (χ4v) is 2.39. The van der Waals surface area contributed by atoms with Gasteiger partial charge in [-0.1, -0.05) is 0 Å². The summed E-state index contributed by atoms with van der Waals surface area (Å²) >= 11 is 1.17. The van der Waals surface area contributed by atoms with Crippen LogP contribution in [0, 0.1) is 6.92 Å². The molecule has 9 heteroatoms. The minimum atomic E-state index is 0.283. The third-order valence-corrected chi connectivity index (χ3v) is 3.16. The van der Waals surface area contributed by atoms with E-state index in [0.29, 0.717) is 27.6 Å². The Kier molecular flexibility index (Phi) is 4.08. The number of ether oxygens (including phenoxy) is 2. The summed E-state index contributed by atoms with van der Waals surface area (Å²) in [6.07, 6.45) is 0. The van der Waals surface area contributed by atoms with Gasteiger partial charge in [0.2, 0.25) is 11.8 Å². The topological polar surface area (TPSA) is 122 Å². The first-order valence-corrected chi connectivity index (χ1v) is 6.39. The monoisotopic (exact) mass is 294 g/mol. The molecule has 0 spiro atoms. The maximum Gasteiger partial charge on any atom is 0.234 e. The number of hydrogen-bond donors (Lipinski definition) is 2. The Morgan fingerprint density at radius 3 is 1.90 bits per heavy atom. The SMILES string of the molecule is COc1nc(C)nc(OC)c1Sc1nc(N)cc(N)n1. The zero-order valence-electron chi connectivity index (χ0n) is 11.2. The molecular formula is C11H14N6O2S. The molecule has 0 atom stereocenters. The summed E-state index contributed by atoms with van der Waals surface area (Å²) in [7, 11) is 3.03. The van der Waals surface area contributed by atoms with E-state index in [1.165, 1.54) is 32.0 Å². The van der Waals surface area contributed by atoms with Crippen LogP contribution in [-0.4, -0.2) is 34.2 Å². The van der Waals surface area contributed by atoms with Gasteiger partial charge in [-0.3, -0.25) is 0 Å². The van der Waals surface area contributed by atoms with Gasteiger partial charge in [-0.25, -0.2) is 9.97 Å². The number of nitrogen functional groups attached to an aromatic ring is 2. The van der Waals surface area contributed by atoms with Gasteiger partial charge in [0, 0.05) is 6.07 Å².